The molecule has 0 N–H and O–H groups in total. The van der Waals surface area contributed by atoms with Gasteiger partial charge in [-0.05, 0) is 12.8 Å². The van der Waals surface area contributed by atoms with Crippen LogP contribution in [0.1, 0.15) is 12.8 Å². The van der Waals surface area contributed by atoms with Gasteiger partial charge in [-0.15, -0.1) is 0 Å². The Balaban J connectivity index is 2.52. The number of ketones is 1. The SMILES string of the molecule is COC(=O)/C=C/C(=O)OCC(=O)C(=O)N1CCC[C@H]1C(=O)OC. The Hall–Kier alpha value is -2.71. The lowest BCUT2D eigenvalue weighted by Gasteiger charge is -2.21. The second-order valence-corrected chi connectivity index (χ2v) is 4.57. The van der Waals surface area contributed by atoms with Crippen molar-refractivity contribution in [2.45, 2.75) is 18.9 Å². The fourth-order valence-electron chi connectivity index (χ4n) is 2.00. The van der Waals surface area contributed by atoms with E-state index in [0.717, 1.165) is 24.2 Å². The molecule has 1 rings (SSSR count). The van der Waals surface area contributed by atoms with Crippen molar-refractivity contribution in [2.24, 2.45) is 0 Å². The highest BCUT2D eigenvalue weighted by Gasteiger charge is 2.37. The molecule has 126 valence electrons. The Morgan fingerprint density at radius 1 is 1.04 bits per heavy atom. The smallest absolute Gasteiger partial charge is 0.331 e. The number of esters is 3. The van der Waals surface area contributed by atoms with Crippen LogP contribution >= 0.6 is 0 Å². The van der Waals surface area contributed by atoms with E-state index >= 15 is 0 Å². The molecular formula is C14H17NO8. The van der Waals surface area contributed by atoms with Gasteiger partial charge < -0.3 is 19.1 Å². The third kappa shape index (κ3) is 5.20. The zero-order valence-electron chi connectivity index (χ0n) is 12.8. The monoisotopic (exact) mass is 327 g/mol. The van der Waals surface area contributed by atoms with E-state index < -0.39 is 42.2 Å². The third-order valence-electron chi connectivity index (χ3n) is 3.13. The van der Waals surface area contributed by atoms with E-state index in [-0.39, 0.29) is 6.54 Å². The van der Waals surface area contributed by atoms with Crippen LogP contribution in [0, 0.1) is 0 Å². The van der Waals surface area contributed by atoms with Gasteiger partial charge in [0.2, 0.25) is 0 Å². The maximum Gasteiger partial charge on any atom is 0.331 e. The molecule has 0 aromatic heterocycles. The zero-order chi connectivity index (χ0) is 17.4. The lowest BCUT2D eigenvalue weighted by molar-refractivity contribution is -0.156. The highest BCUT2D eigenvalue weighted by molar-refractivity contribution is 6.37. The summed E-state index contributed by atoms with van der Waals surface area (Å²) in [6.07, 6.45) is 2.58. The second-order valence-electron chi connectivity index (χ2n) is 4.57. The summed E-state index contributed by atoms with van der Waals surface area (Å²) in [6.45, 7) is -0.534. The van der Waals surface area contributed by atoms with E-state index in [1.54, 1.807) is 0 Å². The number of methoxy groups -OCH3 is 2. The fraction of sp³-hybridized carbons (Fsp3) is 0.500. The van der Waals surface area contributed by atoms with Crippen LogP contribution in [0.4, 0.5) is 0 Å². The number of ether oxygens (including phenoxy) is 3. The van der Waals surface area contributed by atoms with Gasteiger partial charge >= 0.3 is 17.9 Å². The first-order valence-corrected chi connectivity index (χ1v) is 6.75. The van der Waals surface area contributed by atoms with Crippen molar-refractivity contribution in [1.82, 2.24) is 4.90 Å². The molecule has 0 bridgehead atoms. The number of carbonyl (C=O) groups is 5. The molecule has 1 atom stereocenters. The van der Waals surface area contributed by atoms with Crippen molar-refractivity contribution in [3.63, 3.8) is 0 Å². The van der Waals surface area contributed by atoms with Crippen molar-refractivity contribution < 1.29 is 38.2 Å². The summed E-state index contributed by atoms with van der Waals surface area (Å²) < 4.78 is 13.4. The molecule has 9 nitrogen and oxygen atoms in total. The summed E-state index contributed by atoms with van der Waals surface area (Å²) in [5.74, 6) is -4.21. The average Bonchev–Trinajstić information content (AvgIpc) is 3.05. The molecule has 0 spiro atoms. The number of rotatable bonds is 6. The van der Waals surface area contributed by atoms with Crippen molar-refractivity contribution >= 4 is 29.6 Å². The molecule has 23 heavy (non-hydrogen) atoms. The van der Waals surface area contributed by atoms with Gasteiger partial charge in [-0.25, -0.2) is 14.4 Å². The summed E-state index contributed by atoms with van der Waals surface area (Å²) in [7, 11) is 2.33. The van der Waals surface area contributed by atoms with E-state index in [9.17, 15) is 24.0 Å². The molecule has 1 aliphatic heterocycles. The van der Waals surface area contributed by atoms with Crippen molar-refractivity contribution in [1.29, 1.82) is 0 Å². The van der Waals surface area contributed by atoms with Gasteiger partial charge in [0.15, 0.2) is 6.61 Å². The Labute approximate surface area is 132 Å². The van der Waals surface area contributed by atoms with E-state index in [1.165, 1.54) is 7.11 Å². The summed E-state index contributed by atoms with van der Waals surface area (Å²) in [6, 6.07) is -0.800. The molecule has 0 aromatic carbocycles. The van der Waals surface area contributed by atoms with Crippen LogP contribution in [0.5, 0.6) is 0 Å². The molecule has 0 unspecified atom stereocenters. The Kier molecular flexibility index (Phi) is 6.91. The molecule has 9 heteroatoms. The highest BCUT2D eigenvalue weighted by atomic mass is 16.5. The van der Waals surface area contributed by atoms with Crippen LogP contribution in [0.3, 0.4) is 0 Å². The van der Waals surface area contributed by atoms with Crippen molar-refractivity contribution in [2.75, 3.05) is 27.4 Å². The molecule has 0 saturated carbocycles. The topological polar surface area (TPSA) is 116 Å². The summed E-state index contributed by atoms with van der Waals surface area (Å²) in [5, 5.41) is 0. The average molecular weight is 327 g/mol. The van der Waals surface area contributed by atoms with Crippen LogP contribution in [0.2, 0.25) is 0 Å². The quantitative estimate of drug-likeness (QED) is 0.264. The van der Waals surface area contributed by atoms with E-state index in [1.807, 2.05) is 0 Å². The van der Waals surface area contributed by atoms with Gasteiger partial charge in [0, 0.05) is 18.7 Å². The van der Waals surface area contributed by atoms with E-state index in [4.69, 9.17) is 0 Å². The number of carbonyl (C=O) groups excluding carboxylic acids is 5. The van der Waals surface area contributed by atoms with Gasteiger partial charge in [0.05, 0.1) is 14.2 Å². The Bertz CT molecular complexity index is 539. The van der Waals surface area contributed by atoms with Crippen molar-refractivity contribution in [3.05, 3.63) is 12.2 Å². The van der Waals surface area contributed by atoms with Gasteiger partial charge in [-0.3, -0.25) is 9.59 Å². The van der Waals surface area contributed by atoms with E-state index in [0.29, 0.717) is 12.8 Å². The van der Waals surface area contributed by atoms with Gasteiger partial charge in [0.25, 0.3) is 11.7 Å². The minimum Gasteiger partial charge on any atom is -0.467 e. The maximum atomic E-state index is 12.0. The highest BCUT2D eigenvalue weighted by Crippen LogP contribution is 2.18. The first-order valence-electron chi connectivity index (χ1n) is 6.75. The number of hydrogen-bond donors (Lipinski definition) is 0. The predicted molar refractivity (Wildman–Crippen MR) is 73.9 cm³/mol. The third-order valence-corrected chi connectivity index (χ3v) is 3.13. The number of likely N-dealkylation sites (tertiary alicyclic amines) is 1. The Morgan fingerprint density at radius 2 is 1.70 bits per heavy atom. The van der Waals surface area contributed by atoms with E-state index in [2.05, 4.69) is 14.2 Å². The molecule has 0 aliphatic carbocycles. The predicted octanol–water partition coefficient (Wildman–Crippen LogP) is -1.01. The maximum absolute atomic E-state index is 12.0. The minimum atomic E-state index is -0.972. The normalized spacial score (nSPS) is 17.0. The van der Waals surface area contributed by atoms with Crippen LogP contribution in [0.15, 0.2) is 12.2 Å². The lowest BCUT2D eigenvalue weighted by Crippen LogP contribution is -2.45. The zero-order valence-corrected chi connectivity index (χ0v) is 12.8. The van der Waals surface area contributed by atoms with Crippen LogP contribution in [0.25, 0.3) is 0 Å². The number of hydrogen-bond acceptors (Lipinski definition) is 8. The first-order chi connectivity index (χ1) is 10.9. The summed E-state index contributed by atoms with van der Waals surface area (Å²) in [5.41, 5.74) is 0. The number of amides is 1. The number of nitrogens with zero attached hydrogens (tertiary/aromatic N) is 1. The second kappa shape index (κ2) is 8.66. The summed E-state index contributed by atoms with van der Waals surface area (Å²) >= 11 is 0. The molecule has 1 saturated heterocycles. The molecule has 1 heterocycles. The summed E-state index contributed by atoms with van der Waals surface area (Å²) in [4.78, 5) is 58.4. The van der Waals surface area contributed by atoms with Gasteiger partial charge in [-0.1, -0.05) is 0 Å². The molecule has 1 amide bonds. The van der Waals surface area contributed by atoms with Crippen LogP contribution in [-0.4, -0.2) is 67.9 Å². The molecule has 0 radical (unpaired) electrons. The van der Waals surface area contributed by atoms with Gasteiger partial charge in [0.1, 0.15) is 6.04 Å². The number of Topliss-reactive ketones (excluding diaryl/α,β-unsaturated/α-hetero) is 1. The minimum absolute atomic E-state index is 0.251. The lowest BCUT2D eigenvalue weighted by atomic mass is 10.2. The first kappa shape index (κ1) is 18.3. The fourth-order valence-corrected chi connectivity index (χ4v) is 2.00. The molecular weight excluding hydrogens is 310 g/mol. The molecule has 1 fully saturated rings. The molecule has 1 aliphatic rings. The molecule has 0 aromatic rings. The van der Waals surface area contributed by atoms with Gasteiger partial charge in [-0.2, -0.15) is 0 Å². The van der Waals surface area contributed by atoms with Crippen molar-refractivity contribution in [3.8, 4) is 0 Å². The Morgan fingerprint density at radius 3 is 2.30 bits per heavy atom. The standard InChI is InChI=1S/C14H17NO8/c1-21-11(17)5-6-12(18)23-8-10(16)13(19)15-7-3-4-9(15)14(20)22-2/h5-6,9H,3-4,7-8H2,1-2H3/b6-5+/t9-/m0/s1. The van der Waals surface area contributed by atoms with Crippen LogP contribution < -0.4 is 0 Å². The largest absolute Gasteiger partial charge is 0.467 e. The van der Waals surface area contributed by atoms with Crippen LogP contribution in [-0.2, 0) is 38.2 Å².